The smallest absolute Gasteiger partial charge is 0.306 e. The molecule has 1 N–H and O–H groups in total. The van der Waals surface area contributed by atoms with Crippen molar-refractivity contribution in [2.75, 3.05) is 12.0 Å². The van der Waals surface area contributed by atoms with Crippen molar-refractivity contribution in [1.82, 2.24) is 4.98 Å². The van der Waals surface area contributed by atoms with Crippen LogP contribution in [-0.2, 0) is 16.0 Å². The number of hydrogen-bond donors (Lipinski definition) is 1. The third kappa shape index (κ3) is 5.71. The Morgan fingerprint density at radius 3 is 2.60 bits per heavy atom. The summed E-state index contributed by atoms with van der Waals surface area (Å²) in [5.74, 6) is -0.980. The van der Waals surface area contributed by atoms with Crippen LogP contribution in [0, 0.1) is 5.92 Å². The van der Waals surface area contributed by atoms with Crippen molar-refractivity contribution in [3.05, 3.63) is 39.3 Å². The first kappa shape index (κ1) is 20.2. The largest absolute Gasteiger partial charge is 0.481 e. The Labute approximate surface area is 164 Å². The van der Waals surface area contributed by atoms with Crippen molar-refractivity contribution in [1.29, 1.82) is 0 Å². The van der Waals surface area contributed by atoms with E-state index >= 15 is 0 Å². The average Bonchev–Trinajstić information content (AvgIpc) is 2.99. The Balaban J connectivity index is 2.05. The van der Waals surface area contributed by atoms with Crippen molar-refractivity contribution in [2.24, 2.45) is 5.92 Å². The second-order valence-corrected chi connectivity index (χ2v) is 8.13. The molecule has 0 saturated heterocycles. The van der Waals surface area contributed by atoms with E-state index in [0.717, 1.165) is 5.75 Å². The normalized spacial score (nSPS) is 12.1. The molecule has 4 nitrogen and oxygen atoms in total. The van der Waals surface area contributed by atoms with Gasteiger partial charge in [0.1, 0.15) is 10.8 Å². The zero-order valence-electron chi connectivity index (χ0n) is 13.5. The molecule has 1 heterocycles. The number of hydrogen-bond acceptors (Lipinski definition) is 5. The molecule has 25 heavy (non-hydrogen) atoms. The lowest BCUT2D eigenvalue weighted by Crippen LogP contribution is -2.19. The van der Waals surface area contributed by atoms with Crippen LogP contribution in [0.1, 0.15) is 18.5 Å². The van der Waals surface area contributed by atoms with Crippen molar-refractivity contribution in [3.63, 3.8) is 0 Å². The Bertz CT molecular complexity index is 744. The number of benzene rings is 1. The minimum atomic E-state index is -0.927. The maximum atomic E-state index is 12.2. The summed E-state index contributed by atoms with van der Waals surface area (Å²) in [6.45, 7) is 0. The number of halogens is 2. The number of aromatic nitrogens is 1. The number of carbonyl (C=O) groups excluding carboxylic acids is 1. The third-order valence-corrected chi connectivity index (χ3v) is 5.78. The van der Waals surface area contributed by atoms with E-state index in [0.29, 0.717) is 32.7 Å². The van der Waals surface area contributed by atoms with E-state index < -0.39 is 11.9 Å². The quantitative estimate of drug-likeness (QED) is 0.616. The molecule has 134 valence electrons. The summed E-state index contributed by atoms with van der Waals surface area (Å²) >= 11 is 15.3. The van der Waals surface area contributed by atoms with Gasteiger partial charge in [-0.3, -0.25) is 9.59 Å². The second kappa shape index (κ2) is 9.57. The van der Waals surface area contributed by atoms with Gasteiger partial charge >= 0.3 is 5.97 Å². The van der Waals surface area contributed by atoms with Crippen LogP contribution >= 0.6 is 46.3 Å². The monoisotopic (exact) mass is 417 g/mol. The number of rotatable bonds is 9. The van der Waals surface area contributed by atoms with Crippen LogP contribution in [0.15, 0.2) is 23.6 Å². The van der Waals surface area contributed by atoms with Gasteiger partial charge in [-0.05, 0) is 30.6 Å². The lowest BCUT2D eigenvalue weighted by molar-refractivity contribution is -0.143. The molecule has 0 radical (unpaired) electrons. The van der Waals surface area contributed by atoms with Crippen LogP contribution < -0.4 is 0 Å². The highest BCUT2D eigenvalue weighted by Gasteiger charge is 2.22. The maximum Gasteiger partial charge on any atom is 0.306 e. The van der Waals surface area contributed by atoms with E-state index in [1.54, 1.807) is 35.3 Å². The Morgan fingerprint density at radius 2 is 2.00 bits per heavy atom. The van der Waals surface area contributed by atoms with E-state index in [2.05, 4.69) is 4.98 Å². The van der Waals surface area contributed by atoms with Crippen molar-refractivity contribution in [2.45, 2.75) is 19.3 Å². The molecule has 0 spiro atoms. The molecule has 0 aliphatic carbocycles. The molecule has 0 aliphatic heterocycles. The second-order valence-electron chi connectivity index (χ2n) is 5.48. The topological polar surface area (TPSA) is 67.3 Å². The van der Waals surface area contributed by atoms with Gasteiger partial charge < -0.3 is 5.11 Å². The molecule has 0 unspecified atom stereocenters. The zero-order valence-corrected chi connectivity index (χ0v) is 16.6. The molecule has 0 saturated carbocycles. The lowest BCUT2D eigenvalue weighted by atomic mass is 9.98. The predicted octanol–water partition coefficient (Wildman–Crippen LogP) is 5.07. The number of carboxylic acids is 1. The first-order valence-corrected chi connectivity index (χ1v) is 10.6. The Kier molecular flexibility index (Phi) is 7.75. The Hall–Kier alpha value is -1.08. The molecule has 1 aromatic carbocycles. The fourth-order valence-corrected chi connectivity index (χ4v) is 4.43. The van der Waals surface area contributed by atoms with E-state index in [9.17, 15) is 14.7 Å². The Morgan fingerprint density at radius 1 is 1.32 bits per heavy atom. The summed E-state index contributed by atoms with van der Waals surface area (Å²) < 4.78 is 0. The van der Waals surface area contributed by atoms with Crippen LogP contribution in [-0.4, -0.2) is 33.9 Å². The molecule has 0 fully saturated rings. The molecular formula is C17H17Cl2NO3S2. The van der Waals surface area contributed by atoms with Crippen molar-refractivity contribution >= 4 is 58.1 Å². The summed E-state index contributed by atoms with van der Waals surface area (Å²) in [5, 5.41) is 12.7. The highest BCUT2D eigenvalue weighted by atomic mass is 35.5. The van der Waals surface area contributed by atoms with E-state index in [4.69, 9.17) is 23.2 Å². The van der Waals surface area contributed by atoms with E-state index in [1.165, 1.54) is 11.3 Å². The number of thioether (sulfide) groups is 1. The van der Waals surface area contributed by atoms with Crippen LogP contribution in [0.4, 0.5) is 0 Å². The van der Waals surface area contributed by atoms with Crippen molar-refractivity contribution < 1.29 is 14.7 Å². The molecule has 0 bridgehead atoms. The minimum absolute atomic E-state index is 0.0234. The van der Waals surface area contributed by atoms with Gasteiger partial charge in [-0.1, -0.05) is 29.3 Å². The number of carbonyl (C=O) groups is 2. The summed E-state index contributed by atoms with van der Waals surface area (Å²) in [5.41, 5.74) is 1.26. The third-order valence-electron chi connectivity index (χ3n) is 3.60. The summed E-state index contributed by atoms with van der Waals surface area (Å²) in [6, 6.07) is 5.23. The van der Waals surface area contributed by atoms with Crippen LogP contribution in [0.2, 0.25) is 10.0 Å². The molecule has 2 rings (SSSR count). The van der Waals surface area contributed by atoms with Gasteiger partial charge in [-0.25, -0.2) is 4.98 Å². The van der Waals surface area contributed by atoms with E-state index in [-0.39, 0.29) is 18.6 Å². The highest BCUT2D eigenvalue weighted by Crippen LogP contribution is 2.36. The van der Waals surface area contributed by atoms with Gasteiger partial charge in [0.25, 0.3) is 0 Å². The number of thiazole rings is 1. The average molecular weight is 418 g/mol. The van der Waals surface area contributed by atoms with Crippen LogP contribution in [0.25, 0.3) is 10.6 Å². The van der Waals surface area contributed by atoms with Gasteiger partial charge in [0.15, 0.2) is 0 Å². The standard InChI is InChI=1S/C17H17Cl2NO3S2/c1-24-6-5-10(17(22)23)7-12(21)8-11-9-25-16(20-11)15-13(18)3-2-4-14(15)19/h2-4,9-10H,5-8H2,1H3,(H,22,23)/t10-/m1/s1. The van der Waals surface area contributed by atoms with Gasteiger partial charge in [0, 0.05) is 23.8 Å². The molecule has 2 aromatic rings. The first-order chi connectivity index (χ1) is 11.9. The number of carboxylic acid groups (broad SMARTS) is 1. The number of aliphatic carboxylic acids is 1. The minimum Gasteiger partial charge on any atom is -0.481 e. The van der Waals surface area contributed by atoms with Crippen LogP contribution in [0.5, 0.6) is 0 Å². The fraction of sp³-hybridized carbons (Fsp3) is 0.353. The lowest BCUT2D eigenvalue weighted by Gasteiger charge is -2.10. The summed E-state index contributed by atoms with van der Waals surface area (Å²) in [6.07, 6.45) is 2.54. The van der Waals surface area contributed by atoms with Crippen LogP contribution in [0.3, 0.4) is 0 Å². The number of nitrogens with zero attached hydrogens (tertiary/aromatic N) is 1. The maximum absolute atomic E-state index is 12.2. The highest BCUT2D eigenvalue weighted by molar-refractivity contribution is 7.98. The van der Waals surface area contributed by atoms with Gasteiger partial charge in [0.05, 0.1) is 21.7 Å². The predicted molar refractivity (Wildman–Crippen MR) is 105 cm³/mol. The molecule has 1 aromatic heterocycles. The van der Waals surface area contributed by atoms with Gasteiger partial charge in [-0.15, -0.1) is 11.3 Å². The fourth-order valence-electron chi connectivity index (χ4n) is 2.33. The summed E-state index contributed by atoms with van der Waals surface area (Å²) in [4.78, 5) is 27.9. The van der Waals surface area contributed by atoms with Gasteiger partial charge in [0.2, 0.25) is 0 Å². The number of ketones is 1. The van der Waals surface area contributed by atoms with Crippen molar-refractivity contribution in [3.8, 4) is 10.6 Å². The SMILES string of the molecule is CSCC[C@H](CC(=O)Cc1csc(-c2c(Cl)cccc2Cl)n1)C(=O)O. The molecule has 0 amide bonds. The molecule has 8 heteroatoms. The molecule has 0 aliphatic rings. The zero-order chi connectivity index (χ0) is 18.4. The van der Waals surface area contributed by atoms with E-state index in [1.807, 2.05) is 6.26 Å². The first-order valence-electron chi connectivity index (χ1n) is 7.54. The molecular weight excluding hydrogens is 401 g/mol. The van der Waals surface area contributed by atoms with Gasteiger partial charge in [-0.2, -0.15) is 11.8 Å². The molecule has 1 atom stereocenters. The summed E-state index contributed by atoms with van der Waals surface area (Å²) in [7, 11) is 0. The number of Topliss-reactive ketones (excluding diaryl/α,β-unsaturated/α-hetero) is 1.